The molecule has 0 aromatic heterocycles. The fourth-order valence-corrected chi connectivity index (χ4v) is 2.09. The number of hydrogen-bond acceptors (Lipinski definition) is 4. The van der Waals surface area contributed by atoms with E-state index >= 15 is 0 Å². The summed E-state index contributed by atoms with van der Waals surface area (Å²) in [5, 5.41) is 21.0. The maximum absolute atomic E-state index is 12.2. The molecule has 5 heteroatoms. The van der Waals surface area contributed by atoms with Crippen LogP contribution in [-0.4, -0.2) is 17.6 Å². The zero-order valence-electron chi connectivity index (χ0n) is 13.3. The Morgan fingerprint density at radius 3 is 2.67 bits per heavy atom. The Morgan fingerprint density at radius 2 is 2.04 bits per heavy atom. The molecule has 1 amide bonds. The number of aliphatic hydroxyl groups is 1. The number of nitrogens with one attached hydrogen (secondary N) is 1. The topological polar surface area (TPSA) is 82.3 Å². The Bertz CT molecular complexity index is 774. The fourth-order valence-electron chi connectivity index (χ4n) is 2.09. The minimum Gasteiger partial charge on any atom is -0.494 e. The van der Waals surface area contributed by atoms with Crippen LogP contribution in [-0.2, 0) is 11.4 Å². The summed E-state index contributed by atoms with van der Waals surface area (Å²) in [5.41, 5.74) is 1.93. The number of benzene rings is 2. The first kappa shape index (κ1) is 17.3. The lowest BCUT2D eigenvalue weighted by atomic mass is 10.1. The zero-order valence-corrected chi connectivity index (χ0v) is 13.3. The first-order valence-electron chi connectivity index (χ1n) is 7.52. The van der Waals surface area contributed by atoms with Gasteiger partial charge in [-0.3, -0.25) is 4.79 Å². The summed E-state index contributed by atoms with van der Waals surface area (Å²) in [6.45, 7) is 2.36. The van der Waals surface area contributed by atoms with E-state index in [0.717, 1.165) is 11.3 Å². The van der Waals surface area contributed by atoms with E-state index in [-0.39, 0.29) is 12.2 Å². The van der Waals surface area contributed by atoms with Gasteiger partial charge in [0, 0.05) is 5.69 Å². The van der Waals surface area contributed by atoms with Crippen molar-refractivity contribution in [3.63, 3.8) is 0 Å². The zero-order chi connectivity index (χ0) is 17.4. The third kappa shape index (κ3) is 4.70. The summed E-state index contributed by atoms with van der Waals surface area (Å²) >= 11 is 0. The summed E-state index contributed by atoms with van der Waals surface area (Å²) in [7, 11) is 0. The van der Waals surface area contributed by atoms with Gasteiger partial charge < -0.3 is 15.2 Å². The Balaban J connectivity index is 2.14. The Labute approximate surface area is 140 Å². The van der Waals surface area contributed by atoms with E-state index in [1.54, 1.807) is 48.5 Å². The average Bonchev–Trinajstić information content (AvgIpc) is 2.61. The average molecular weight is 322 g/mol. The molecule has 0 saturated heterocycles. The summed E-state index contributed by atoms with van der Waals surface area (Å²) in [6.07, 6.45) is 1.51. The van der Waals surface area contributed by atoms with Gasteiger partial charge in [0.2, 0.25) is 0 Å². The predicted octanol–water partition coefficient (Wildman–Crippen LogP) is 3.12. The highest BCUT2D eigenvalue weighted by molar-refractivity contribution is 6.09. The van der Waals surface area contributed by atoms with Crippen LogP contribution in [0, 0.1) is 11.3 Å². The van der Waals surface area contributed by atoms with Gasteiger partial charge in [-0.2, -0.15) is 5.26 Å². The molecule has 0 aliphatic carbocycles. The van der Waals surface area contributed by atoms with Crippen LogP contribution in [0.15, 0.2) is 54.1 Å². The number of carbonyl (C=O) groups excluding carboxylic acids is 1. The Hall–Kier alpha value is -3.10. The molecule has 122 valence electrons. The molecule has 0 bridgehead atoms. The van der Waals surface area contributed by atoms with Crippen molar-refractivity contribution in [2.24, 2.45) is 0 Å². The number of aliphatic hydroxyl groups excluding tert-OH is 1. The van der Waals surface area contributed by atoms with Gasteiger partial charge in [-0.05, 0) is 48.4 Å². The smallest absolute Gasteiger partial charge is 0.266 e. The molecule has 2 rings (SSSR count). The van der Waals surface area contributed by atoms with Gasteiger partial charge in [-0.1, -0.05) is 24.3 Å². The SMILES string of the molecule is CCOc1ccc(/C=C(/C#N)C(=O)Nc2cccc(CO)c2)cc1. The molecule has 2 N–H and O–H groups in total. The number of nitrogens with zero attached hydrogens (tertiary/aromatic N) is 1. The molecular weight excluding hydrogens is 304 g/mol. The predicted molar refractivity (Wildman–Crippen MR) is 92.2 cm³/mol. The van der Waals surface area contributed by atoms with Crippen molar-refractivity contribution in [1.82, 2.24) is 0 Å². The Morgan fingerprint density at radius 1 is 1.29 bits per heavy atom. The molecule has 0 heterocycles. The number of carbonyl (C=O) groups is 1. The molecule has 0 atom stereocenters. The van der Waals surface area contributed by atoms with Gasteiger partial charge in [0.25, 0.3) is 5.91 Å². The maximum atomic E-state index is 12.2. The molecule has 0 unspecified atom stereocenters. The van der Waals surface area contributed by atoms with Crippen LogP contribution in [0.25, 0.3) is 6.08 Å². The second-order valence-corrected chi connectivity index (χ2v) is 4.98. The molecule has 5 nitrogen and oxygen atoms in total. The molecule has 0 fully saturated rings. The van der Waals surface area contributed by atoms with Crippen LogP contribution in [0.2, 0.25) is 0 Å². The van der Waals surface area contributed by atoms with Crippen LogP contribution >= 0.6 is 0 Å². The monoisotopic (exact) mass is 322 g/mol. The summed E-state index contributed by atoms with van der Waals surface area (Å²) in [4.78, 5) is 12.2. The second-order valence-electron chi connectivity index (χ2n) is 4.98. The van der Waals surface area contributed by atoms with Gasteiger partial charge >= 0.3 is 0 Å². The van der Waals surface area contributed by atoms with Crippen LogP contribution in [0.4, 0.5) is 5.69 Å². The lowest BCUT2D eigenvalue weighted by Gasteiger charge is -2.06. The number of nitriles is 1. The van der Waals surface area contributed by atoms with Gasteiger partial charge in [-0.25, -0.2) is 0 Å². The number of ether oxygens (including phenoxy) is 1. The van der Waals surface area contributed by atoms with Crippen molar-refractivity contribution in [1.29, 1.82) is 5.26 Å². The van der Waals surface area contributed by atoms with Crippen LogP contribution < -0.4 is 10.1 Å². The Kier molecular flexibility index (Phi) is 6.12. The van der Waals surface area contributed by atoms with Crippen LogP contribution in [0.3, 0.4) is 0 Å². The van der Waals surface area contributed by atoms with E-state index in [2.05, 4.69) is 5.32 Å². The molecule has 0 aliphatic heterocycles. The third-order valence-electron chi connectivity index (χ3n) is 3.23. The molecule has 2 aromatic rings. The highest BCUT2D eigenvalue weighted by atomic mass is 16.5. The van der Waals surface area contributed by atoms with Gasteiger partial charge in [0.15, 0.2) is 0 Å². The van der Waals surface area contributed by atoms with Crippen molar-refractivity contribution in [3.05, 3.63) is 65.2 Å². The summed E-state index contributed by atoms with van der Waals surface area (Å²) in [5.74, 6) is 0.236. The van der Waals surface area contributed by atoms with E-state index in [1.807, 2.05) is 13.0 Å². The van der Waals surface area contributed by atoms with E-state index < -0.39 is 5.91 Å². The van der Waals surface area contributed by atoms with Crippen molar-refractivity contribution in [2.45, 2.75) is 13.5 Å². The van der Waals surface area contributed by atoms with E-state index in [4.69, 9.17) is 9.84 Å². The number of rotatable bonds is 6. The molecule has 24 heavy (non-hydrogen) atoms. The molecule has 0 radical (unpaired) electrons. The van der Waals surface area contributed by atoms with Crippen molar-refractivity contribution in [3.8, 4) is 11.8 Å². The van der Waals surface area contributed by atoms with Crippen LogP contribution in [0.5, 0.6) is 5.75 Å². The minimum absolute atomic E-state index is 0.00596. The summed E-state index contributed by atoms with van der Waals surface area (Å²) in [6, 6.07) is 15.9. The van der Waals surface area contributed by atoms with E-state index in [1.165, 1.54) is 6.08 Å². The maximum Gasteiger partial charge on any atom is 0.266 e. The molecule has 0 saturated carbocycles. The number of hydrogen-bond donors (Lipinski definition) is 2. The van der Waals surface area contributed by atoms with Gasteiger partial charge in [0.1, 0.15) is 17.4 Å². The minimum atomic E-state index is -0.499. The standard InChI is InChI=1S/C19H18N2O3/c1-2-24-18-8-6-14(7-9-18)10-16(12-20)19(23)21-17-5-3-4-15(11-17)13-22/h3-11,22H,2,13H2,1H3,(H,21,23)/b16-10-. The number of anilines is 1. The number of amides is 1. The first-order chi connectivity index (χ1) is 11.7. The molecule has 0 aliphatic rings. The lowest BCUT2D eigenvalue weighted by Crippen LogP contribution is -2.13. The quantitative estimate of drug-likeness (QED) is 0.632. The van der Waals surface area contributed by atoms with Crippen molar-refractivity contribution in [2.75, 3.05) is 11.9 Å². The largest absolute Gasteiger partial charge is 0.494 e. The molecule has 0 spiro atoms. The highest BCUT2D eigenvalue weighted by Gasteiger charge is 2.10. The van der Waals surface area contributed by atoms with Crippen LogP contribution in [0.1, 0.15) is 18.1 Å². The molecule has 2 aromatic carbocycles. The summed E-state index contributed by atoms with van der Waals surface area (Å²) < 4.78 is 5.36. The van der Waals surface area contributed by atoms with Gasteiger partial charge in [-0.15, -0.1) is 0 Å². The van der Waals surface area contributed by atoms with Gasteiger partial charge in [0.05, 0.1) is 13.2 Å². The van der Waals surface area contributed by atoms with E-state index in [9.17, 15) is 10.1 Å². The second kappa shape index (κ2) is 8.51. The van der Waals surface area contributed by atoms with Crippen molar-refractivity contribution >= 4 is 17.7 Å². The van der Waals surface area contributed by atoms with E-state index in [0.29, 0.717) is 17.9 Å². The normalized spacial score (nSPS) is 10.8. The lowest BCUT2D eigenvalue weighted by molar-refractivity contribution is -0.112. The first-order valence-corrected chi connectivity index (χ1v) is 7.52. The highest BCUT2D eigenvalue weighted by Crippen LogP contribution is 2.16. The molecular formula is C19H18N2O3. The van der Waals surface area contributed by atoms with Crippen molar-refractivity contribution < 1.29 is 14.6 Å². The third-order valence-corrected chi connectivity index (χ3v) is 3.23. The fraction of sp³-hybridized carbons (Fsp3) is 0.158.